The standard InChI is InChI=1S/C21H16Cl2N2O3/c22-15-9-10-18(23)19(11-15)28-13-20(26)24-16-7-4-8-17(12-16)25-21(27)14-5-2-1-3-6-14/h1-12H,13H2,(H,24,26)(H,25,27). The van der Waals surface area contributed by atoms with Crippen molar-refractivity contribution in [1.29, 1.82) is 0 Å². The summed E-state index contributed by atoms with van der Waals surface area (Å²) in [5.74, 6) is -0.279. The molecule has 0 aliphatic heterocycles. The van der Waals surface area contributed by atoms with Crippen molar-refractivity contribution in [3.8, 4) is 5.75 Å². The third-order valence-corrected chi connectivity index (χ3v) is 4.24. The summed E-state index contributed by atoms with van der Waals surface area (Å²) >= 11 is 11.9. The Morgan fingerprint density at radius 2 is 1.54 bits per heavy atom. The Kier molecular flexibility index (Phi) is 6.53. The van der Waals surface area contributed by atoms with Gasteiger partial charge in [-0.15, -0.1) is 0 Å². The molecule has 0 aliphatic rings. The summed E-state index contributed by atoms with van der Waals surface area (Å²) in [6.45, 7) is -0.235. The van der Waals surface area contributed by atoms with E-state index < -0.39 is 0 Å². The topological polar surface area (TPSA) is 67.4 Å². The van der Waals surface area contributed by atoms with Crippen LogP contribution in [0.15, 0.2) is 72.8 Å². The van der Waals surface area contributed by atoms with E-state index in [2.05, 4.69) is 10.6 Å². The number of carbonyl (C=O) groups excluding carboxylic acids is 2. The molecule has 2 N–H and O–H groups in total. The molecular formula is C21H16Cl2N2O3. The maximum Gasteiger partial charge on any atom is 0.262 e. The van der Waals surface area contributed by atoms with Crippen molar-refractivity contribution in [1.82, 2.24) is 0 Å². The van der Waals surface area contributed by atoms with Crippen molar-refractivity contribution in [2.45, 2.75) is 0 Å². The molecule has 3 aromatic rings. The van der Waals surface area contributed by atoms with Gasteiger partial charge in [0.2, 0.25) is 0 Å². The van der Waals surface area contributed by atoms with Crippen molar-refractivity contribution in [3.05, 3.63) is 88.4 Å². The number of halogens is 2. The minimum absolute atomic E-state index is 0.233. The van der Waals surface area contributed by atoms with Gasteiger partial charge in [0.25, 0.3) is 11.8 Å². The lowest BCUT2D eigenvalue weighted by molar-refractivity contribution is -0.118. The smallest absolute Gasteiger partial charge is 0.262 e. The van der Waals surface area contributed by atoms with Crippen molar-refractivity contribution in [2.75, 3.05) is 17.2 Å². The summed E-state index contributed by atoms with van der Waals surface area (Å²) in [5, 5.41) is 6.32. The van der Waals surface area contributed by atoms with Gasteiger partial charge in [0.05, 0.1) is 5.02 Å². The number of anilines is 2. The molecule has 5 nitrogen and oxygen atoms in total. The largest absolute Gasteiger partial charge is 0.482 e. The number of benzene rings is 3. The van der Waals surface area contributed by atoms with Crippen molar-refractivity contribution >= 4 is 46.4 Å². The molecule has 28 heavy (non-hydrogen) atoms. The van der Waals surface area contributed by atoms with Crippen molar-refractivity contribution in [3.63, 3.8) is 0 Å². The van der Waals surface area contributed by atoms with Gasteiger partial charge in [-0.1, -0.05) is 47.5 Å². The van der Waals surface area contributed by atoms with Crippen molar-refractivity contribution in [2.24, 2.45) is 0 Å². The molecule has 0 bridgehead atoms. The molecule has 7 heteroatoms. The summed E-state index contributed by atoms with van der Waals surface area (Å²) in [7, 11) is 0. The average Bonchev–Trinajstić information content (AvgIpc) is 2.69. The molecule has 142 valence electrons. The molecule has 0 fully saturated rings. The van der Waals surface area contributed by atoms with E-state index in [0.717, 1.165) is 0 Å². The molecule has 0 spiro atoms. The van der Waals surface area contributed by atoms with Gasteiger partial charge in [-0.05, 0) is 42.5 Å². The highest BCUT2D eigenvalue weighted by molar-refractivity contribution is 6.34. The van der Waals surface area contributed by atoms with E-state index in [0.29, 0.717) is 32.7 Å². The van der Waals surface area contributed by atoms with E-state index in [4.69, 9.17) is 27.9 Å². The van der Waals surface area contributed by atoms with Crippen molar-refractivity contribution < 1.29 is 14.3 Å². The van der Waals surface area contributed by atoms with Crippen LogP contribution in [0.3, 0.4) is 0 Å². The monoisotopic (exact) mass is 414 g/mol. The zero-order chi connectivity index (χ0) is 19.9. The summed E-state index contributed by atoms with van der Waals surface area (Å²) in [6, 6.07) is 20.5. The minimum Gasteiger partial charge on any atom is -0.482 e. The molecule has 2 amide bonds. The van der Waals surface area contributed by atoms with Crippen LogP contribution >= 0.6 is 23.2 Å². The van der Waals surface area contributed by atoms with E-state index in [1.807, 2.05) is 6.07 Å². The lowest BCUT2D eigenvalue weighted by Crippen LogP contribution is -2.20. The number of rotatable bonds is 6. The van der Waals surface area contributed by atoms with E-state index in [1.54, 1.807) is 60.7 Å². The second-order valence-electron chi connectivity index (χ2n) is 5.81. The molecule has 3 rings (SSSR count). The van der Waals surface area contributed by atoms with E-state index in [-0.39, 0.29) is 18.4 Å². The van der Waals surface area contributed by atoms with E-state index in [1.165, 1.54) is 6.07 Å². The Hall–Kier alpha value is -3.02. The highest BCUT2D eigenvalue weighted by Crippen LogP contribution is 2.27. The fourth-order valence-electron chi connectivity index (χ4n) is 2.40. The summed E-state index contributed by atoms with van der Waals surface area (Å²) in [6.07, 6.45) is 0. The van der Waals surface area contributed by atoms with Crippen LogP contribution in [0.4, 0.5) is 11.4 Å². The number of carbonyl (C=O) groups is 2. The van der Waals surface area contributed by atoms with Crippen LogP contribution in [0.25, 0.3) is 0 Å². The Morgan fingerprint density at radius 3 is 2.29 bits per heavy atom. The molecule has 0 aliphatic carbocycles. The van der Waals surface area contributed by atoms with Gasteiger partial charge in [0.1, 0.15) is 5.75 Å². The fourth-order valence-corrected chi connectivity index (χ4v) is 2.73. The van der Waals surface area contributed by atoms with Gasteiger partial charge < -0.3 is 15.4 Å². The number of hydrogen-bond acceptors (Lipinski definition) is 3. The minimum atomic E-state index is -0.373. The first-order valence-electron chi connectivity index (χ1n) is 8.35. The lowest BCUT2D eigenvalue weighted by atomic mass is 10.2. The van der Waals surface area contributed by atoms with Gasteiger partial charge in [-0.2, -0.15) is 0 Å². The predicted molar refractivity (Wildman–Crippen MR) is 111 cm³/mol. The van der Waals surface area contributed by atoms with Gasteiger partial charge in [0, 0.05) is 28.0 Å². The summed E-state index contributed by atoms with van der Waals surface area (Å²) in [4.78, 5) is 24.4. The third-order valence-electron chi connectivity index (χ3n) is 3.69. The summed E-state index contributed by atoms with van der Waals surface area (Å²) in [5.41, 5.74) is 1.63. The molecule has 0 aromatic heterocycles. The fraction of sp³-hybridized carbons (Fsp3) is 0.0476. The highest BCUT2D eigenvalue weighted by Gasteiger charge is 2.09. The number of hydrogen-bond donors (Lipinski definition) is 2. The number of nitrogens with one attached hydrogen (secondary N) is 2. The van der Waals surface area contributed by atoms with Gasteiger partial charge in [-0.25, -0.2) is 0 Å². The van der Waals surface area contributed by atoms with Crippen LogP contribution in [-0.2, 0) is 4.79 Å². The van der Waals surface area contributed by atoms with Gasteiger partial charge >= 0.3 is 0 Å². The van der Waals surface area contributed by atoms with Gasteiger partial charge in [0.15, 0.2) is 6.61 Å². The highest BCUT2D eigenvalue weighted by atomic mass is 35.5. The number of amides is 2. The molecule has 0 radical (unpaired) electrons. The Bertz CT molecular complexity index is 994. The Balaban J connectivity index is 1.58. The second kappa shape index (κ2) is 9.26. The maximum absolute atomic E-state index is 12.2. The molecule has 3 aromatic carbocycles. The van der Waals surface area contributed by atoms with E-state index in [9.17, 15) is 9.59 Å². The van der Waals surface area contributed by atoms with Crippen LogP contribution in [0.5, 0.6) is 5.75 Å². The van der Waals surface area contributed by atoms with Crippen LogP contribution in [0.1, 0.15) is 10.4 Å². The number of ether oxygens (including phenoxy) is 1. The lowest BCUT2D eigenvalue weighted by Gasteiger charge is -2.10. The quantitative estimate of drug-likeness (QED) is 0.577. The van der Waals surface area contributed by atoms with Crippen LogP contribution < -0.4 is 15.4 Å². The van der Waals surface area contributed by atoms with Crippen LogP contribution in [0.2, 0.25) is 10.0 Å². The third kappa shape index (κ3) is 5.49. The first-order valence-corrected chi connectivity index (χ1v) is 9.11. The Morgan fingerprint density at radius 1 is 0.821 bits per heavy atom. The molecule has 0 saturated carbocycles. The first kappa shape index (κ1) is 19.7. The second-order valence-corrected chi connectivity index (χ2v) is 6.66. The SMILES string of the molecule is O=C(COc1cc(Cl)ccc1Cl)Nc1cccc(NC(=O)c2ccccc2)c1. The van der Waals surface area contributed by atoms with Crippen LogP contribution in [-0.4, -0.2) is 18.4 Å². The average molecular weight is 415 g/mol. The summed E-state index contributed by atoms with van der Waals surface area (Å²) < 4.78 is 5.41. The molecule has 0 saturated heterocycles. The maximum atomic E-state index is 12.2. The molecular weight excluding hydrogens is 399 g/mol. The molecule has 0 unspecified atom stereocenters. The molecule has 0 heterocycles. The first-order chi connectivity index (χ1) is 13.5. The Labute approximate surface area is 172 Å². The molecule has 0 atom stereocenters. The van der Waals surface area contributed by atoms with Gasteiger partial charge in [-0.3, -0.25) is 9.59 Å². The predicted octanol–water partition coefficient (Wildman–Crippen LogP) is 5.26. The zero-order valence-corrected chi connectivity index (χ0v) is 16.1. The van der Waals surface area contributed by atoms with Crippen LogP contribution in [0, 0.1) is 0 Å². The van der Waals surface area contributed by atoms with E-state index >= 15 is 0 Å². The zero-order valence-electron chi connectivity index (χ0n) is 14.6. The normalized spacial score (nSPS) is 10.2.